The molecule has 7 N–H and O–H groups in total. The van der Waals surface area contributed by atoms with Gasteiger partial charge in [0.1, 0.15) is 5.40 Å². The number of nitrogens with zero attached hydrogens (tertiary/aromatic N) is 5. The molecule has 2 unspecified atom stereocenters. The molecule has 0 radical (unpaired) electrons. The molecule has 258 valence electrons. The normalized spacial score (nSPS) is 15.9. The van der Waals surface area contributed by atoms with Crippen LogP contribution < -0.4 is 21.6 Å². The minimum atomic E-state index is -1.36. The van der Waals surface area contributed by atoms with Gasteiger partial charge in [-0.05, 0) is 81.4 Å². The van der Waals surface area contributed by atoms with Crippen molar-refractivity contribution in [2.45, 2.75) is 82.8 Å². The van der Waals surface area contributed by atoms with Crippen molar-refractivity contribution in [2.24, 2.45) is 5.92 Å². The third-order valence-electron chi connectivity index (χ3n) is 7.01. The van der Waals surface area contributed by atoms with Gasteiger partial charge in [0.15, 0.2) is 10.8 Å². The smallest absolute Gasteiger partial charge is 0.259 e. The van der Waals surface area contributed by atoms with Crippen molar-refractivity contribution in [1.82, 2.24) is 36.5 Å². The highest BCUT2D eigenvalue weighted by molar-refractivity contribution is 8.03. The van der Waals surface area contributed by atoms with Crippen LogP contribution in [-0.2, 0) is 24.0 Å². The van der Waals surface area contributed by atoms with Crippen molar-refractivity contribution in [2.75, 3.05) is 18.4 Å². The summed E-state index contributed by atoms with van der Waals surface area (Å²) in [6, 6.07) is 7.21. The van der Waals surface area contributed by atoms with Crippen LogP contribution in [0.15, 0.2) is 29.2 Å². The number of thiocyanates is 1. The molecule has 0 spiro atoms. The highest BCUT2D eigenvalue weighted by Gasteiger charge is 2.57. The maximum Gasteiger partial charge on any atom is 0.259 e. The molecule has 47 heavy (non-hydrogen) atoms. The average molecular weight is 696 g/mol. The highest BCUT2D eigenvalue weighted by atomic mass is 32.2. The molecular weight excluding hydrogens is 654 g/mol. The number of thioether (sulfide) groups is 1. The summed E-state index contributed by atoms with van der Waals surface area (Å²) in [5.74, 6) is -3.75. The van der Waals surface area contributed by atoms with Crippen LogP contribution in [0.4, 0.5) is 5.69 Å². The predicted octanol–water partition coefficient (Wildman–Crippen LogP) is 1.68. The summed E-state index contributed by atoms with van der Waals surface area (Å²) in [5.41, 5.74) is 2.78. The zero-order valence-electron chi connectivity index (χ0n) is 26.8. The second kappa shape index (κ2) is 17.2. The van der Waals surface area contributed by atoms with Crippen LogP contribution in [0.1, 0.15) is 66.7 Å². The van der Waals surface area contributed by atoms with Crippen molar-refractivity contribution >= 4 is 64.3 Å². The fraction of sp³-hybridized carbons (Fsp3) is 0.536. The summed E-state index contributed by atoms with van der Waals surface area (Å²) in [6.07, 6.45) is -0.876. The number of rotatable bonds is 16. The van der Waals surface area contributed by atoms with E-state index >= 15 is 0 Å². The monoisotopic (exact) mass is 695 g/mol. The van der Waals surface area contributed by atoms with E-state index in [-0.39, 0.29) is 37.0 Å². The summed E-state index contributed by atoms with van der Waals surface area (Å²) in [5, 5.41) is 48.3. The molecule has 0 aliphatic carbocycles. The molecule has 0 bridgehead atoms. The third-order valence-corrected chi connectivity index (χ3v) is 7.81. The largest absolute Gasteiger partial charge is 0.358 e. The number of hydrogen-bond acceptors (Lipinski definition) is 12. The molecule has 0 saturated carbocycles. The molecule has 1 aliphatic heterocycles. The summed E-state index contributed by atoms with van der Waals surface area (Å²) < 4.78 is 0. The van der Waals surface area contributed by atoms with Crippen LogP contribution in [0.5, 0.6) is 0 Å². The van der Waals surface area contributed by atoms with Gasteiger partial charge in [0.2, 0.25) is 23.6 Å². The zero-order valence-corrected chi connectivity index (χ0v) is 28.4. The molecule has 1 fully saturated rings. The number of carbonyl (C=O) groups excluding carboxylic acids is 5. The SMILES string of the molecule is CC(=O)N(O)NNC(=O)CCC(=O)N(O)C1(C)CN1C(=O)CCC(=O)N(O)CC(C)CC(C)(C)NC(=S)Nc1ccc(SC#N)cc1. The minimum absolute atomic E-state index is 0.00164. The van der Waals surface area contributed by atoms with Gasteiger partial charge < -0.3 is 15.5 Å². The van der Waals surface area contributed by atoms with E-state index < -0.39 is 53.6 Å². The summed E-state index contributed by atoms with van der Waals surface area (Å²) in [7, 11) is 0. The van der Waals surface area contributed by atoms with Gasteiger partial charge in [-0.2, -0.15) is 10.3 Å². The van der Waals surface area contributed by atoms with E-state index in [0.29, 0.717) is 21.7 Å². The Labute approximate surface area is 282 Å². The molecule has 0 aromatic heterocycles. The van der Waals surface area contributed by atoms with Crippen molar-refractivity contribution < 1.29 is 39.6 Å². The van der Waals surface area contributed by atoms with E-state index in [1.165, 1.54) is 11.8 Å². The first kappa shape index (κ1) is 39.1. The van der Waals surface area contributed by atoms with Crippen LogP contribution in [0.3, 0.4) is 0 Å². The molecule has 1 heterocycles. The Morgan fingerprint density at radius 2 is 1.70 bits per heavy atom. The fourth-order valence-corrected chi connectivity index (χ4v) is 5.42. The molecule has 2 atom stereocenters. The molecule has 1 aliphatic rings. The van der Waals surface area contributed by atoms with Crippen LogP contribution in [0, 0.1) is 16.6 Å². The lowest BCUT2D eigenvalue weighted by atomic mass is 9.91. The number of carbonyl (C=O) groups is 5. The Balaban J connectivity index is 1.74. The lowest BCUT2D eigenvalue weighted by Crippen LogP contribution is -2.50. The van der Waals surface area contributed by atoms with E-state index in [2.05, 4.69) is 10.6 Å². The van der Waals surface area contributed by atoms with E-state index in [1.54, 1.807) is 24.3 Å². The first-order chi connectivity index (χ1) is 21.9. The van der Waals surface area contributed by atoms with E-state index in [4.69, 9.17) is 22.7 Å². The van der Waals surface area contributed by atoms with Gasteiger partial charge in [-0.25, -0.2) is 5.06 Å². The number of anilines is 1. The van der Waals surface area contributed by atoms with E-state index in [0.717, 1.165) is 29.3 Å². The molecule has 1 saturated heterocycles. The van der Waals surface area contributed by atoms with Crippen LogP contribution >= 0.6 is 24.0 Å². The predicted molar refractivity (Wildman–Crippen MR) is 171 cm³/mol. The van der Waals surface area contributed by atoms with Crippen molar-refractivity contribution in [3.63, 3.8) is 0 Å². The molecule has 1 aromatic rings. The number of thiocarbonyl (C=S) groups is 1. The summed E-state index contributed by atoms with van der Waals surface area (Å²) in [6.45, 7) is 8.18. The zero-order chi connectivity index (χ0) is 35.5. The molecule has 17 nitrogen and oxygen atoms in total. The molecule has 1 aromatic carbocycles. The Kier molecular flexibility index (Phi) is 14.3. The number of nitriles is 1. The van der Waals surface area contributed by atoms with Crippen molar-refractivity contribution in [1.29, 1.82) is 5.26 Å². The van der Waals surface area contributed by atoms with Gasteiger partial charge in [-0.1, -0.05) is 6.92 Å². The minimum Gasteiger partial charge on any atom is -0.358 e. The Morgan fingerprint density at radius 3 is 2.30 bits per heavy atom. The van der Waals surface area contributed by atoms with Crippen molar-refractivity contribution in [3.05, 3.63) is 24.3 Å². The van der Waals surface area contributed by atoms with E-state index in [1.807, 2.05) is 37.1 Å². The average Bonchev–Trinajstić information content (AvgIpc) is 3.69. The molecule has 5 amide bonds. The van der Waals surface area contributed by atoms with Gasteiger partial charge in [-0.3, -0.25) is 45.0 Å². The summed E-state index contributed by atoms with van der Waals surface area (Å²) in [4.78, 5) is 62.3. The van der Waals surface area contributed by atoms with Crippen molar-refractivity contribution in [3.8, 4) is 5.40 Å². The first-order valence-corrected chi connectivity index (χ1v) is 15.7. The van der Waals surface area contributed by atoms with E-state index in [9.17, 15) is 34.4 Å². The maximum absolute atomic E-state index is 12.7. The number of hydroxylamine groups is 5. The fourth-order valence-electron chi connectivity index (χ4n) is 4.64. The van der Waals surface area contributed by atoms with Crippen LogP contribution in [0.25, 0.3) is 0 Å². The second-order valence-electron chi connectivity index (χ2n) is 11.9. The molecular formula is C28H41N9O8S2. The Hall–Kier alpha value is -4.06. The third kappa shape index (κ3) is 12.6. The lowest BCUT2D eigenvalue weighted by Gasteiger charge is -2.32. The molecule has 19 heteroatoms. The van der Waals surface area contributed by atoms with Crippen LogP contribution in [0.2, 0.25) is 0 Å². The topological polar surface area (TPSA) is 231 Å². The summed E-state index contributed by atoms with van der Waals surface area (Å²) >= 11 is 6.48. The van der Waals surface area contributed by atoms with Gasteiger partial charge in [-0.15, -0.1) is 10.7 Å². The Bertz CT molecular complexity index is 1370. The second-order valence-corrected chi connectivity index (χ2v) is 13.1. The van der Waals surface area contributed by atoms with Gasteiger partial charge >= 0.3 is 0 Å². The molecule has 2 rings (SSSR count). The number of amides is 5. The number of hydrogen-bond donors (Lipinski definition) is 7. The lowest BCUT2D eigenvalue weighted by molar-refractivity contribution is -0.186. The number of hydrazine groups is 2. The van der Waals surface area contributed by atoms with Gasteiger partial charge in [0.05, 0.1) is 13.1 Å². The van der Waals surface area contributed by atoms with Crippen LogP contribution in [-0.4, -0.2) is 94.8 Å². The number of nitrogens with one attached hydrogen (secondary N) is 4. The number of benzene rings is 1. The first-order valence-electron chi connectivity index (χ1n) is 14.5. The maximum atomic E-state index is 12.7. The van der Waals surface area contributed by atoms with Gasteiger partial charge in [0.25, 0.3) is 5.91 Å². The van der Waals surface area contributed by atoms with Gasteiger partial charge in [0, 0.05) is 48.7 Å². The standard InChI is InChI=1S/C28H41N9O8S2/c1-18(14-27(3,4)31-26(46)30-20-6-8-21(9-7-20)47-17-29)15-35(43)24(41)13-12-23(40)34-16-28(34,5)36(44)25(42)11-10-22(39)32-33-37(45)19(2)38/h6-9,18,33,43-45H,10-16H2,1-5H3,(H,32,39)(H2,30,31,46). The quantitative estimate of drug-likeness (QED) is 0.0326. The highest BCUT2D eigenvalue weighted by Crippen LogP contribution is 2.36. The Morgan fingerprint density at radius 1 is 1.09 bits per heavy atom.